The Kier molecular flexibility index (Phi) is 5.63. The zero-order valence-electron chi connectivity index (χ0n) is 16.4. The molecule has 0 unspecified atom stereocenters. The van der Waals surface area contributed by atoms with Crippen molar-refractivity contribution in [3.05, 3.63) is 78.9 Å². The second-order valence-electron chi connectivity index (χ2n) is 6.67. The fourth-order valence-electron chi connectivity index (χ4n) is 2.99. The van der Waals surface area contributed by atoms with Crippen molar-refractivity contribution in [3.63, 3.8) is 0 Å². The van der Waals surface area contributed by atoms with Gasteiger partial charge in [-0.1, -0.05) is 30.3 Å². The third-order valence-electron chi connectivity index (χ3n) is 4.49. The van der Waals surface area contributed by atoms with Crippen molar-refractivity contribution in [1.29, 1.82) is 0 Å². The number of aromatic hydroxyl groups is 2. The van der Waals surface area contributed by atoms with Gasteiger partial charge in [-0.25, -0.2) is 0 Å². The molecule has 0 heterocycles. The fraction of sp³-hybridized carbons (Fsp3) is 0. The lowest BCUT2D eigenvalue weighted by Crippen LogP contribution is -1.99. The van der Waals surface area contributed by atoms with Gasteiger partial charge in [-0.15, -0.1) is 5.11 Å². The summed E-state index contributed by atoms with van der Waals surface area (Å²) >= 11 is 0. The van der Waals surface area contributed by atoms with Crippen LogP contribution in [-0.2, 0) is 10.1 Å². The number of nitrogens with zero attached hydrogens (tertiary/aromatic N) is 4. The van der Waals surface area contributed by atoms with E-state index in [1.165, 1.54) is 18.2 Å². The van der Waals surface area contributed by atoms with Crippen LogP contribution >= 0.6 is 0 Å². The molecule has 4 aromatic rings. The number of rotatable bonds is 5. The molecule has 0 saturated carbocycles. The average molecular weight is 448 g/mol. The quantitative estimate of drug-likeness (QED) is 0.241. The molecule has 0 aliphatic heterocycles. The molecule has 4 rings (SSSR count). The molecule has 0 amide bonds. The number of fused-ring (bicyclic) bond motifs is 1. The topological polar surface area (TPSA) is 144 Å². The van der Waals surface area contributed by atoms with Gasteiger partial charge < -0.3 is 10.2 Å². The summed E-state index contributed by atoms with van der Waals surface area (Å²) in [4.78, 5) is -0.508. The summed E-state index contributed by atoms with van der Waals surface area (Å²) < 4.78 is 33.2. The van der Waals surface area contributed by atoms with E-state index in [9.17, 15) is 23.2 Å². The molecule has 0 fully saturated rings. The highest BCUT2D eigenvalue weighted by Gasteiger charge is 2.21. The maximum Gasteiger partial charge on any atom is 0.295 e. The van der Waals surface area contributed by atoms with Crippen LogP contribution in [0.5, 0.6) is 11.5 Å². The summed E-state index contributed by atoms with van der Waals surface area (Å²) in [6, 6.07) is 20.8. The van der Waals surface area contributed by atoms with Gasteiger partial charge in [0.25, 0.3) is 10.1 Å². The maximum atomic E-state index is 11.8. The van der Waals surface area contributed by atoms with Crippen molar-refractivity contribution in [2.24, 2.45) is 20.5 Å². The number of hydrogen-bond acceptors (Lipinski definition) is 8. The van der Waals surface area contributed by atoms with Crippen LogP contribution in [0.25, 0.3) is 10.8 Å². The number of benzene rings is 4. The lowest BCUT2D eigenvalue weighted by Gasteiger charge is -2.09. The van der Waals surface area contributed by atoms with Gasteiger partial charge in [0.05, 0.1) is 22.4 Å². The molecule has 4 aromatic carbocycles. The smallest absolute Gasteiger partial charge is 0.295 e. The largest absolute Gasteiger partial charge is 0.507 e. The fourth-order valence-corrected chi connectivity index (χ4v) is 3.70. The molecule has 0 spiro atoms. The van der Waals surface area contributed by atoms with Gasteiger partial charge in [-0.2, -0.15) is 23.8 Å². The first-order valence-corrected chi connectivity index (χ1v) is 10.7. The zero-order chi connectivity index (χ0) is 22.7. The number of azo groups is 2. The molecular formula is C22H16N4O5S. The SMILES string of the molecule is O=S(=O)(O)c1cc(N=Nc2ccc(N=Nc3ccccc3)cc2)c(O)c2c(O)cccc12. The molecular weight excluding hydrogens is 432 g/mol. The Balaban J connectivity index is 1.66. The predicted molar refractivity (Wildman–Crippen MR) is 118 cm³/mol. The van der Waals surface area contributed by atoms with E-state index in [1.807, 2.05) is 30.3 Å². The average Bonchev–Trinajstić information content (AvgIpc) is 2.78. The summed E-state index contributed by atoms with van der Waals surface area (Å²) in [5.41, 5.74) is 1.45. The minimum absolute atomic E-state index is 0.0444. The lowest BCUT2D eigenvalue weighted by atomic mass is 10.1. The molecule has 0 bridgehead atoms. The van der Waals surface area contributed by atoms with Gasteiger partial charge in [0.1, 0.15) is 16.3 Å². The lowest BCUT2D eigenvalue weighted by molar-refractivity contribution is 0.464. The molecule has 160 valence electrons. The Morgan fingerprint density at radius 1 is 0.656 bits per heavy atom. The van der Waals surface area contributed by atoms with Crippen LogP contribution in [0.4, 0.5) is 22.7 Å². The highest BCUT2D eigenvalue weighted by atomic mass is 32.2. The Labute approximate surface area is 182 Å². The van der Waals surface area contributed by atoms with Crippen LogP contribution in [0.15, 0.2) is 104 Å². The molecule has 9 nitrogen and oxygen atoms in total. The van der Waals surface area contributed by atoms with E-state index in [4.69, 9.17) is 0 Å². The van der Waals surface area contributed by atoms with E-state index in [0.29, 0.717) is 17.1 Å². The van der Waals surface area contributed by atoms with E-state index in [2.05, 4.69) is 20.5 Å². The Bertz CT molecular complexity index is 1450. The van der Waals surface area contributed by atoms with Crippen LogP contribution < -0.4 is 0 Å². The summed E-state index contributed by atoms with van der Waals surface area (Å²) in [6.07, 6.45) is 0. The molecule has 3 N–H and O–H groups in total. The first-order valence-electron chi connectivity index (χ1n) is 9.27. The molecule has 32 heavy (non-hydrogen) atoms. The van der Waals surface area contributed by atoms with Gasteiger partial charge >= 0.3 is 0 Å². The molecule has 0 saturated heterocycles. The van der Waals surface area contributed by atoms with E-state index >= 15 is 0 Å². The number of phenols is 2. The molecule has 0 aliphatic rings. The molecule has 0 aliphatic carbocycles. The van der Waals surface area contributed by atoms with Gasteiger partial charge in [0, 0.05) is 5.39 Å². The highest BCUT2D eigenvalue weighted by Crippen LogP contribution is 2.43. The molecule has 0 radical (unpaired) electrons. The summed E-state index contributed by atoms with van der Waals surface area (Å²) in [5, 5.41) is 36.5. The number of phenolic OH excluding ortho intramolecular Hbond substituents is 2. The van der Waals surface area contributed by atoms with Gasteiger partial charge in [0.2, 0.25) is 0 Å². The summed E-state index contributed by atoms with van der Waals surface area (Å²) in [6.45, 7) is 0. The normalized spacial score (nSPS) is 12.2. The summed E-state index contributed by atoms with van der Waals surface area (Å²) in [5.74, 6) is -0.836. The van der Waals surface area contributed by atoms with Gasteiger partial charge in [-0.3, -0.25) is 4.55 Å². The first kappa shape index (κ1) is 21.1. The second kappa shape index (κ2) is 8.53. The second-order valence-corrected chi connectivity index (χ2v) is 8.06. The van der Waals surface area contributed by atoms with Gasteiger partial charge in [-0.05, 0) is 48.5 Å². The van der Waals surface area contributed by atoms with Crippen molar-refractivity contribution in [2.75, 3.05) is 0 Å². The number of hydrogen-bond donors (Lipinski definition) is 3. The molecule has 0 aromatic heterocycles. The molecule has 10 heteroatoms. The third kappa shape index (κ3) is 4.46. The van der Waals surface area contributed by atoms with Crippen LogP contribution in [0.3, 0.4) is 0 Å². The van der Waals surface area contributed by atoms with Gasteiger partial charge in [0.15, 0.2) is 5.75 Å². The van der Waals surface area contributed by atoms with E-state index in [-0.39, 0.29) is 22.2 Å². The summed E-state index contributed by atoms with van der Waals surface area (Å²) in [7, 11) is -4.65. The van der Waals surface area contributed by atoms with Crippen LogP contribution in [-0.4, -0.2) is 23.2 Å². The minimum Gasteiger partial charge on any atom is -0.507 e. The predicted octanol–water partition coefficient (Wildman–Crippen LogP) is 6.33. The highest BCUT2D eigenvalue weighted by molar-refractivity contribution is 7.86. The van der Waals surface area contributed by atoms with Crippen molar-refractivity contribution in [3.8, 4) is 11.5 Å². The van der Waals surface area contributed by atoms with Crippen molar-refractivity contribution < 1.29 is 23.2 Å². The maximum absolute atomic E-state index is 11.8. The van der Waals surface area contributed by atoms with Crippen LogP contribution in [0.2, 0.25) is 0 Å². The van der Waals surface area contributed by atoms with Crippen LogP contribution in [0.1, 0.15) is 0 Å². The minimum atomic E-state index is -4.65. The van der Waals surface area contributed by atoms with E-state index < -0.39 is 20.8 Å². The first-order chi connectivity index (χ1) is 15.3. The Morgan fingerprint density at radius 2 is 1.22 bits per heavy atom. The molecule has 0 atom stereocenters. The van der Waals surface area contributed by atoms with Crippen molar-refractivity contribution >= 4 is 43.6 Å². The zero-order valence-corrected chi connectivity index (χ0v) is 17.2. The monoisotopic (exact) mass is 448 g/mol. The van der Waals surface area contributed by atoms with Crippen molar-refractivity contribution in [1.82, 2.24) is 0 Å². The van der Waals surface area contributed by atoms with E-state index in [1.54, 1.807) is 24.3 Å². The Hall–Kier alpha value is -4.15. The van der Waals surface area contributed by atoms with E-state index in [0.717, 1.165) is 6.07 Å². The third-order valence-corrected chi connectivity index (χ3v) is 5.39. The standard InChI is InChI=1S/C22H16N4O5S/c27-19-8-4-7-17-20(32(29,30)31)13-18(22(28)21(17)19)26-25-16-11-9-15(10-12-16)24-23-14-5-2-1-3-6-14/h1-13,27-28H,(H,29,30,31). The van der Waals surface area contributed by atoms with Crippen molar-refractivity contribution in [2.45, 2.75) is 4.90 Å². The van der Waals surface area contributed by atoms with Crippen LogP contribution in [0, 0.1) is 0 Å². The Morgan fingerprint density at radius 3 is 1.81 bits per heavy atom.